The van der Waals surface area contributed by atoms with Crippen LogP contribution < -0.4 is 0 Å². The second kappa shape index (κ2) is 3.20. The van der Waals surface area contributed by atoms with E-state index in [1.165, 1.54) is 11.1 Å². The first-order chi connectivity index (χ1) is 7.74. The van der Waals surface area contributed by atoms with E-state index < -0.39 is 0 Å². The van der Waals surface area contributed by atoms with Crippen LogP contribution in [0.1, 0.15) is 11.1 Å². The molecule has 1 N–H and O–H groups in total. The van der Waals surface area contributed by atoms with Crippen LogP contribution in [0.5, 0.6) is 0 Å². The van der Waals surface area contributed by atoms with Crippen molar-refractivity contribution in [3.8, 4) is 11.5 Å². The van der Waals surface area contributed by atoms with Crippen LogP contribution in [-0.4, -0.2) is 15.1 Å². The molecule has 0 atom stereocenters. The number of benzene rings is 1. The zero-order valence-electron chi connectivity index (χ0n) is 9.11. The molecule has 0 aliphatic heterocycles. The van der Waals surface area contributed by atoms with Gasteiger partial charge in [0.05, 0.1) is 11.0 Å². The van der Waals surface area contributed by atoms with Crippen LogP contribution in [0, 0.1) is 13.8 Å². The average Bonchev–Trinajstić information content (AvgIpc) is 2.82. The van der Waals surface area contributed by atoms with Gasteiger partial charge in [0.2, 0.25) is 0 Å². The summed E-state index contributed by atoms with van der Waals surface area (Å²) < 4.78 is 4.81. The second-order valence-corrected chi connectivity index (χ2v) is 3.95. The molecule has 3 rings (SSSR count). The Labute approximate surface area is 92.3 Å². The van der Waals surface area contributed by atoms with Crippen LogP contribution in [0.4, 0.5) is 0 Å². The predicted octanol–water partition coefficient (Wildman–Crippen LogP) is 2.83. The molecule has 1 aromatic carbocycles. The van der Waals surface area contributed by atoms with Crippen molar-refractivity contribution in [1.29, 1.82) is 0 Å². The van der Waals surface area contributed by atoms with Crippen molar-refractivity contribution in [3.05, 3.63) is 35.6 Å². The third kappa shape index (κ3) is 1.31. The van der Waals surface area contributed by atoms with Gasteiger partial charge in [-0.25, -0.2) is 4.98 Å². The first kappa shape index (κ1) is 9.15. The van der Waals surface area contributed by atoms with Crippen molar-refractivity contribution in [1.82, 2.24) is 15.1 Å². The van der Waals surface area contributed by atoms with Crippen molar-refractivity contribution in [2.45, 2.75) is 13.8 Å². The van der Waals surface area contributed by atoms with E-state index in [0.29, 0.717) is 0 Å². The fourth-order valence-corrected chi connectivity index (χ4v) is 1.93. The van der Waals surface area contributed by atoms with E-state index >= 15 is 0 Å². The molecule has 4 nitrogen and oxygen atoms in total. The summed E-state index contributed by atoms with van der Waals surface area (Å²) in [6.45, 7) is 4.13. The molecule has 0 amide bonds. The lowest BCUT2D eigenvalue weighted by molar-refractivity contribution is 0.422. The van der Waals surface area contributed by atoms with Crippen LogP contribution in [0.25, 0.3) is 22.6 Å². The quantitative estimate of drug-likeness (QED) is 0.676. The number of aromatic amines is 1. The minimum absolute atomic E-state index is 0.730. The molecule has 0 aliphatic rings. The molecule has 0 saturated carbocycles. The molecule has 2 aromatic heterocycles. The lowest BCUT2D eigenvalue weighted by Gasteiger charge is -1.96. The standard InChI is InChI=1S/C12H11N3O/c1-7-5-8(2)11-10(6-7)13-12(14-11)9-3-4-16-15-9/h3-6H,1-2H3,(H,13,14). The number of rotatable bonds is 1. The van der Waals surface area contributed by atoms with Gasteiger partial charge in [-0.1, -0.05) is 11.2 Å². The Kier molecular flexibility index (Phi) is 1.83. The maximum absolute atomic E-state index is 4.81. The Balaban J connectivity index is 2.27. The molecule has 4 heteroatoms. The molecule has 0 bridgehead atoms. The van der Waals surface area contributed by atoms with E-state index in [2.05, 4.69) is 41.1 Å². The van der Waals surface area contributed by atoms with Crippen molar-refractivity contribution in [3.63, 3.8) is 0 Å². The summed E-state index contributed by atoms with van der Waals surface area (Å²) in [6.07, 6.45) is 1.54. The summed E-state index contributed by atoms with van der Waals surface area (Å²) in [4.78, 5) is 7.76. The van der Waals surface area contributed by atoms with E-state index in [-0.39, 0.29) is 0 Å². The number of hydrogen-bond acceptors (Lipinski definition) is 3. The van der Waals surface area contributed by atoms with Gasteiger partial charge in [0.25, 0.3) is 0 Å². The fourth-order valence-electron chi connectivity index (χ4n) is 1.93. The van der Waals surface area contributed by atoms with E-state index in [9.17, 15) is 0 Å². The van der Waals surface area contributed by atoms with E-state index in [0.717, 1.165) is 22.6 Å². The number of aryl methyl sites for hydroxylation is 2. The Bertz CT molecular complexity index is 638. The summed E-state index contributed by atoms with van der Waals surface area (Å²) in [5.74, 6) is 0.748. The number of imidazole rings is 1. The molecule has 0 fully saturated rings. The first-order valence-corrected chi connectivity index (χ1v) is 5.12. The van der Waals surface area contributed by atoms with Crippen LogP contribution in [0.15, 0.2) is 29.0 Å². The Morgan fingerprint density at radius 2 is 2.12 bits per heavy atom. The highest BCUT2D eigenvalue weighted by Crippen LogP contribution is 2.22. The summed E-state index contributed by atoms with van der Waals surface area (Å²) in [7, 11) is 0. The van der Waals surface area contributed by atoms with Gasteiger partial charge in [0.15, 0.2) is 5.82 Å². The lowest BCUT2D eigenvalue weighted by atomic mass is 10.1. The Morgan fingerprint density at radius 3 is 2.88 bits per heavy atom. The first-order valence-electron chi connectivity index (χ1n) is 5.12. The van der Waals surface area contributed by atoms with Crippen LogP contribution in [0.2, 0.25) is 0 Å². The zero-order chi connectivity index (χ0) is 11.1. The van der Waals surface area contributed by atoms with Gasteiger partial charge >= 0.3 is 0 Å². The summed E-state index contributed by atoms with van der Waals surface area (Å²) >= 11 is 0. The third-order valence-electron chi connectivity index (χ3n) is 2.60. The van der Waals surface area contributed by atoms with Gasteiger partial charge in [-0.3, -0.25) is 0 Å². The molecule has 0 radical (unpaired) electrons. The van der Waals surface area contributed by atoms with Gasteiger partial charge in [0.1, 0.15) is 12.0 Å². The van der Waals surface area contributed by atoms with Crippen molar-refractivity contribution >= 4 is 11.0 Å². The van der Waals surface area contributed by atoms with Crippen LogP contribution in [-0.2, 0) is 0 Å². The lowest BCUT2D eigenvalue weighted by Crippen LogP contribution is -1.79. The summed E-state index contributed by atoms with van der Waals surface area (Å²) in [5, 5.41) is 3.87. The summed E-state index contributed by atoms with van der Waals surface area (Å²) in [5.41, 5.74) is 5.15. The molecule has 0 spiro atoms. The number of hydrogen-bond donors (Lipinski definition) is 1. The number of fused-ring (bicyclic) bond motifs is 1. The number of nitrogens with zero attached hydrogens (tertiary/aromatic N) is 2. The van der Waals surface area contributed by atoms with Crippen LogP contribution in [0.3, 0.4) is 0 Å². The minimum atomic E-state index is 0.730. The van der Waals surface area contributed by atoms with E-state index in [1.54, 1.807) is 12.3 Å². The fraction of sp³-hybridized carbons (Fsp3) is 0.167. The van der Waals surface area contributed by atoms with E-state index in [4.69, 9.17) is 4.52 Å². The number of H-pyrrole nitrogens is 1. The Morgan fingerprint density at radius 1 is 1.25 bits per heavy atom. The average molecular weight is 213 g/mol. The van der Waals surface area contributed by atoms with Gasteiger partial charge < -0.3 is 9.51 Å². The molecule has 0 unspecified atom stereocenters. The molecule has 3 aromatic rings. The van der Waals surface area contributed by atoms with Crippen LogP contribution >= 0.6 is 0 Å². The van der Waals surface area contributed by atoms with Gasteiger partial charge in [-0.05, 0) is 31.0 Å². The monoisotopic (exact) mass is 213 g/mol. The molecule has 0 saturated heterocycles. The zero-order valence-corrected chi connectivity index (χ0v) is 9.11. The minimum Gasteiger partial charge on any atom is -0.364 e. The maximum Gasteiger partial charge on any atom is 0.160 e. The number of nitrogens with one attached hydrogen (secondary N) is 1. The van der Waals surface area contributed by atoms with Gasteiger partial charge in [0, 0.05) is 6.07 Å². The van der Waals surface area contributed by atoms with Gasteiger partial charge in [-0.15, -0.1) is 0 Å². The van der Waals surface area contributed by atoms with Gasteiger partial charge in [-0.2, -0.15) is 0 Å². The summed E-state index contributed by atoms with van der Waals surface area (Å²) in [6, 6.07) is 5.99. The molecular weight excluding hydrogens is 202 g/mol. The topological polar surface area (TPSA) is 54.7 Å². The molecule has 16 heavy (non-hydrogen) atoms. The molecule has 2 heterocycles. The smallest absolute Gasteiger partial charge is 0.160 e. The highest BCUT2D eigenvalue weighted by molar-refractivity contribution is 5.82. The SMILES string of the molecule is Cc1cc(C)c2nc(-c3ccon3)[nH]c2c1. The third-order valence-corrected chi connectivity index (χ3v) is 2.60. The number of aromatic nitrogens is 3. The molecule has 0 aliphatic carbocycles. The van der Waals surface area contributed by atoms with Crippen molar-refractivity contribution < 1.29 is 4.52 Å². The normalized spacial score (nSPS) is 11.1. The van der Waals surface area contributed by atoms with Crippen molar-refractivity contribution in [2.75, 3.05) is 0 Å². The van der Waals surface area contributed by atoms with E-state index in [1.807, 2.05) is 0 Å². The Hall–Kier alpha value is -2.10. The maximum atomic E-state index is 4.81. The predicted molar refractivity (Wildman–Crippen MR) is 61.1 cm³/mol. The molecular formula is C12H11N3O. The van der Waals surface area contributed by atoms with Crippen molar-refractivity contribution in [2.24, 2.45) is 0 Å². The highest BCUT2D eigenvalue weighted by Gasteiger charge is 2.09. The second-order valence-electron chi connectivity index (χ2n) is 3.95. The highest BCUT2D eigenvalue weighted by atomic mass is 16.5. The largest absolute Gasteiger partial charge is 0.364 e. The molecule has 80 valence electrons.